The van der Waals surface area contributed by atoms with Gasteiger partial charge in [0.2, 0.25) is 0 Å². The number of aliphatic carboxylic acids is 1. The van der Waals surface area contributed by atoms with Gasteiger partial charge in [-0.25, -0.2) is 0 Å². The SMILES string of the molecule is NCC1(CC(=O)O)CCc2cc(Br)oc21. The monoisotopic (exact) mass is 273 g/mol. The zero-order valence-corrected chi connectivity index (χ0v) is 9.71. The van der Waals surface area contributed by atoms with Crippen molar-refractivity contribution in [1.29, 1.82) is 0 Å². The molecule has 0 spiro atoms. The van der Waals surface area contributed by atoms with E-state index in [2.05, 4.69) is 15.9 Å². The molecule has 0 bridgehead atoms. The summed E-state index contributed by atoms with van der Waals surface area (Å²) in [6.07, 6.45) is 1.64. The Kier molecular flexibility index (Phi) is 2.60. The quantitative estimate of drug-likeness (QED) is 0.878. The third kappa shape index (κ3) is 1.70. The van der Waals surface area contributed by atoms with Crippen LogP contribution < -0.4 is 5.73 Å². The smallest absolute Gasteiger partial charge is 0.304 e. The third-order valence-corrected chi connectivity index (χ3v) is 3.40. The molecule has 1 unspecified atom stereocenters. The third-order valence-electron chi connectivity index (χ3n) is 3.01. The standard InChI is InChI=1S/C10H12BrNO3/c11-7-3-6-1-2-10(5-12,4-8(13)14)9(6)15-7/h3H,1-2,4-5,12H2,(H,13,14). The number of rotatable bonds is 3. The Morgan fingerprint density at radius 2 is 2.47 bits per heavy atom. The highest BCUT2D eigenvalue weighted by molar-refractivity contribution is 9.10. The Bertz CT molecular complexity index is 401. The highest BCUT2D eigenvalue weighted by Gasteiger charge is 2.43. The molecule has 1 aromatic rings. The molecule has 0 aromatic carbocycles. The van der Waals surface area contributed by atoms with Crippen molar-refractivity contribution in [2.75, 3.05) is 6.54 Å². The van der Waals surface area contributed by atoms with E-state index in [4.69, 9.17) is 15.3 Å². The van der Waals surface area contributed by atoms with Crippen molar-refractivity contribution in [1.82, 2.24) is 0 Å². The van der Waals surface area contributed by atoms with Gasteiger partial charge in [0.1, 0.15) is 5.76 Å². The minimum absolute atomic E-state index is 0.0381. The minimum atomic E-state index is -0.833. The van der Waals surface area contributed by atoms with Gasteiger partial charge in [-0.1, -0.05) is 0 Å². The Morgan fingerprint density at radius 1 is 1.73 bits per heavy atom. The number of fused-ring (bicyclic) bond motifs is 1. The molecule has 0 saturated carbocycles. The van der Waals surface area contributed by atoms with E-state index in [1.165, 1.54) is 0 Å². The van der Waals surface area contributed by atoms with Crippen molar-refractivity contribution in [2.24, 2.45) is 5.73 Å². The molecule has 0 fully saturated rings. The van der Waals surface area contributed by atoms with Crippen LogP contribution in [0.15, 0.2) is 15.2 Å². The van der Waals surface area contributed by atoms with Crippen LogP contribution in [0.5, 0.6) is 0 Å². The average Bonchev–Trinajstić information content (AvgIpc) is 2.65. The van der Waals surface area contributed by atoms with Crippen LogP contribution in [0.1, 0.15) is 24.2 Å². The van der Waals surface area contributed by atoms with Gasteiger partial charge < -0.3 is 15.3 Å². The summed E-state index contributed by atoms with van der Waals surface area (Å²) in [7, 11) is 0. The Hall–Kier alpha value is -0.810. The summed E-state index contributed by atoms with van der Waals surface area (Å²) < 4.78 is 6.16. The fourth-order valence-corrected chi connectivity index (χ4v) is 2.68. The number of carboxylic acids is 1. The maximum Gasteiger partial charge on any atom is 0.304 e. The van der Waals surface area contributed by atoms with Gasteiger partial charge in [0.05, 0.1) is 11.8 Å². The predicted molar refractivity (Wildman–Crippen MR) is 57.7 cm³/mol. The summed E-state index contributed by atoms with van der Waals surface area (Å²) >= 11 is 3.25. The molecular weight excluding hydrogens is 262 g/mol. The first-order chi connectivity index (χ1) is 7.07. The van der Waals surface area contributed by atoms with E-state index in [0.717, 1.165) is 24.2 Å². The number of aryl methyl sites for hydroxylation is 1. The normalized spacial score (nSPS) is 24.1. The van der Waals surface area contributed by atoms with Crippen LogP contribution in [-0.2, 0) is 16.6 Å². The van der Waals surface area contributed by atoms with Crippen LogP contribution in [0.4, 0.5) is 0 Å². The Labute approximate surface area is 95.6 Å². The van der Waals surface area contributed by atoms with Gasteiger partial charge in [-0.3, -0.25) is 4.79 Å². The van der Waals surface area contributed by atoms with E-state index in [9.17, 15) is 4.79 Å². The molecular formula is C10H12BrNO3. The molecule has 0 radical (unpaired) electrons. The van der Waals surface area contributed by atoms with Crippen molar-refractivity contribution in [3.05, 3.63) is 22.1 Å². The molecule has 0 aliphatic heterocycles. The lowest BCUT2D eigenvalue weighted by atomic mass is 9.83. The van der Waals surface area contributed by atoms with Gasteiger partial charge in [-0.05, 0) is 40.4 Å². The molecule has 1 aromatic heterocycles. The first-order valence-corrected chi connectivity index (χ1v) is 5.57. The predicted octanol–water partition coefficient (Wildman–Crippen LogP) is 1.66. The van der Waals surface area contributed by atoms with Gasteiger partial charge >= 0.3 is 5.97 Å². The van der Waals surface area contributed by atoms with Gasteiger partial charge in [0.15, 0.2) is 4.67 Å². The summed E-state index contributed by atoms with van der Waals surface area (Å²) in [6, 6.07) is 1.90. The molecule has 15 heavy (non-hydrogen) atoms. The lowest BCUT2D eigenvalue weighted by Gasteiger charge is -2.24. The van der Waals surface area contributed by atoms with E-state index in [1.54, 1.807) is 0 Å². The molecule has 0 amide bonds. The van der Waals surface area contributed by atoms with Crippen molar-refractivity contribution < 1.29 is 14.3 Å². The number of furan rings is 1. The summed E-state index contributed by atoms with van der Waals surface area (Å²) in [5.74, 6) is -0.0832. The number of nitrogens with two attached hydrogens (primary N) is 1. The zero-order valence-electron chi connectivity index (χ0n) is 8.12. The maximum absolute atomic E-state index is 10.8. The molecule has 4 nitrogen and oxygen atoms in total. The highest BCUT2D eigenvalue weighted by atomic mass is 79.9. The number of hydrogen-bond acceptors (Lipinski definition) is 3. The molecule has 1 aliphatic carbocycles. The fraction of sp³-hybridized carbons (Fsp3) is 0.500. The molecule has 0 saturated heterocycles. The van der Waals surface area contributed by atoms with E-state index in [-0.39, 0.29) is 6.42 Å². The molecule has 2 rings (SSSR count). The topological polar surface area (TPSA) is 76.5 Å². The van der Waals surface area contributed by atoms with Gasteiger partial charge in [-0.15, -0.1) is 0 Å². The summed E-state index contributed by atoms with van der Waals surface area (Å²) in [5, 5.41) is 8.89. The minimum Gasteiger partial charge on any atom is -0.481 e. The van der Waals surface area contributed by atoms with Crippen molar-refractivity contribution >= 4 is 21.9 Å². The Balaban J connectivity index is 2.39. The highest BCUT2D eigenvalue weighted by Crippen LogP contribution is 2.43. The van der Waals surface area contributed by atoms with E-state index in [1.807, 2.05) is 6.07 Å². The summed E-state index contributed by atoms with van der Waals surface area (Å²) in [5.41, 5.74) is 6.27. The van der Waals surface area contributed by atoms with Crippen LogP contribution in [-0.4, -0.2) is 17.6 Å². The van der Waals surface area contributed by atoms with Crippen molar-refractivity contribution in [3.63, 3.8) is 0 Å². The van der Waals surface area contributed by atoms with E-state index in [0.29, 0.717) is 11.2 Å². The second-order valence-corrected chi connectivity index (χ2v) is 4.74. The lowest BCUT2D eigenvalue weighted by molar-refractivity contribution is -0.138. The first kappa shape index (κ1) is 10.7. The summed E-state index contributed by atoms with van der Waals surface area (Å²) in [4.78, 5) is 10.8. The van der Waals surface area contributed by atoms with Crippen LogP contribution in [0.25, 0.3) is 0 Å². The maximum atomic E-state index is 10.8. The molecule has 1 heterocycles. The van der Waals surface area contributed by atoms with Gasteiger partial charge in [-0.2, -0.15) is 0 Å². The average molecular weight is 274 g/mol. The van der Waals surface area contributed by atoms with Gasteiger partial charge in [0, 0.05) is 6.54 Å². The van der Waals surface area contributed by atoms with Crippen molar-refractivity contribution in [2.45, 2.75) is 24.7 Å². The van der Waals surface area contributed by atoms with Gasteiger partial charge in [0.25, 0.3) is 0 Å². The Morgan fingerprint density at radius 3 is 3.07 bits per heavy atom. The number of hydrogen-bond donors (Lipinski definition) is 2. The zero-order chi connectivity index (χ0) is 11.1. The van der Waals surface area contributed by atoms with E-state index < -0.39 is 11.4 Å². The van der Waals surface area contributed by atoms with Crippen LogP contribution >= 0.6 is 15.9 Å². The van der Waals surface area contributed by atoms with Crippen LogP contribution in [0.2, 0.25) is 0 Å². The fourth-order valence-electron chi connectivity index (χ4n) is 2.24. The number of carboxylic acid groups (broad SMARTS) is 1. The van der Waals surface area contributed by atoms with Crippen molar-refractivity contribution in [3.8, 4) is 0 Å². The molecule has 1 atom stereocenters. The number of carbonyl (C=O) groups is 1. The first-order valence-electron chi connectivity index (χ1n) is 4.78. The summed E-state index contributed by atoms with van der Waals surface area (Å²) in [6.45, 7) is 0.312. The number of halogens is 1. The lowest BCUT2D eigenvalue weighted by Crippen LogP contribution is -2.35. The molecule has 82 valence electrons. The molecule has 5 heteroatoms. The largest absolute Gasteiger partial charge is 0.481 e. The van der Waals surface area contributed by atoms with Crippen LogP contribution in [0.3, 0.4) is 0 Å². The van der Waals surface area contributed by atoms with E-state index >= 15 is 0 Å². The van der Waals surface area contributed by atoms with Crippen LogP contribution in [0, 0.1) is 0 Å². The molecule has 1 aliphatic rings. The molecule has 3 N–H and O–H groups in total. The second kappa shape index (κ2) is 3.64. The second-order valence-electron chi connectivity index (χ2n) is 3.96.